The normalized spacial score (nSPS) is 10.9. The van der Waals surface area contributed by atoms with E-state index in [0.717, 1.165) is 50.8 Å². The summed E-state index contributed by atoms with van der Waals surface area (Å²) in [4.78, 5) is 0. The number of hydrogen-bond donors (Lipinski definition) is 4. The Kier molecular flexibility index (Phi) is 15.9. The van der Waals surface area contributed by atoms with Gasteiger partial charge in [-0.1, -0.05) is 86.3 Å². The van der Waals surface area contributed by atoms with Gasteiger partial charge in [-0.05, 0) is 86.3 Å². The maximum Gasteiger partial charge on any atom is 0.123 e. The highest BCUT2D eigenvalue weighted by Crippen LogP contribution is 2.24. The van der Waals surface area contributed by atoms with Crippen molar-refractivity contribution in [1.29, 1.82) is 0 Å². The van der Waals surface area contributed by atoms with Crippen LogP contribution in [0.15, 0.2) is 97.1 Å². The molecule has 0 saturated heterocycles. The van der Waals surface area contributed by atoms with Gasteiger partial charge in [-0.3, -0.25) is 0 Å². The van der Waals surface area contributed by atoms with E-state index in [9.17, 15) is 0 Å². The standard InChI is InChI=1S/C40H54N4O2/c1-45-39-17-9-7-15-35(39)31-41-27-11-3-5-13-29-43-37-23-19-33(20-24-37)34-21-25-38(26-22-34)44-30-14-6-4-12-28-42-32-36-16-8-10-18-40(36)46-2/h7-10,15-26,41-44H,3-6,11-14,27-32H2,1-2H3. The third kappa shape index (κ3) is 12.4. The Balaban J connectivity index is 1.00. The summed E-state index contributed by atoms with van der Waals surface area (Å²) >= 11 is 0. The lowest BCUT2D eigenvalue weighted by atomic mass is 10.0. The maximum atomic E-state index is 5.42. The lowest BCUT2D eigenvalue weighted by Gasteiger charge is -2.10. The highest BCUT2D eigenvalue weighted by Gasteiger charge is 2.03. The zero-order chi connectivity index (χ0) is 32.1. The molecule has 46 heavy (non-hydrogen) atoms. The third-order valence-corrected chi connectivity index (χ3v) is 8.34. The van der Waals surface area contributed by atoms with Gasteiger partial charge in [-0.15, -0.1) is 0 Å². The maximum absolute atomic E-state index is 5.42. The number of rotatable bonds is 23. The molecule has 0 saturated carbocycles. The van der Waals surface area contributed by atoms with Gasteiger partial charge in [0.15, 0.2) is 0 Å². The number of ether oxygens (including phenoxy) is 2. The molecule has 0 atom stereocenters. The average molecular weight is 623 g/mol. The number of unbranched alkanes of at least 4 members (excludes halogenated alkanes) is 6. The minimum atomic E-state index is 0.856. The van der Waals surface area contributed by atoms with E-state index in [-0.39, 0.29) is 0 Å². The zero-order valence-corrected chi connectivity index (χ0v) is 28.0. The minimum Gasteiger partial charge on any atom is -0.496 e. The summed E-state index contributed by atoms with van der Waals surface area (Å²) in [7, 11) is 3.46. The third-order valence-electron chi connectivity index (χ3n) is 8.34. The minimum absolute atomic E-state index is 0.856. The van der Waals surface area contributed by atoms with Gasteiger partial charge in [0.25, 0.3) is 0 Å². The second-order valence-electron chi connectivity index (χ2n) is 11.8. The number of anilines is 2. The predicted molar refractivity (Wildman–Crippen MR) is 195 cm³/mol. The van der Waals surface area contributed by atoms with Gasteiger partial charge in [0.2, 0.25) is 0 Å². The van der Waals surface area contributed by atoms with Crippen LogP contribution in [0.2, 0.25) is 0 Å². The molecule has 4 aromatic rings. The van der Waals surface area contributed by atoms with Gasteiger partial charge < -0.3 is 30.7 Å². The predicted octanol–water partition coefficient (Wildman–Crippen LogP) is 8.90. The van der Waals surface area contributed by atoms with Crippen molar-refractivity contribution in [3.05, 3.63) is 108 Å². The first-order valence-corrected chi connectivity index (χ1v) is 17.1. The first-order chi connectivity index (χ1) is 22.8. The molecule has 4 N–H and O–H groups in total. The van der Waals surface area contributed by atoms with Gasteiger partial charge in [0.05, 0.1) is 14.2 Å². The molecule has 4 rings (SSSR count). The van der Waals surface area contributed by atoms with E-state index in [1.54, 1.807) is 14.2 Å². The molecule has 0 aromatic heterocycles. The number of para-hydroxylation sites is 2. The van der Waals surface area contributed by atoms with Crippen molar-refractivity contribution in [3.63, 3.8) is 0 Å². The van der Waals surface area contributed by atoms with Gasteiger partial charge in [-0.2, -0.15) is 0 Å². The SMILES string of the molecule is COc1ccccc1CNCCCCCCNc1ccc(-c2ccc(NCCCCCCNCc3ccccc3OC)cc2)cc1. The van der Waals surface area contributed by atoms with Crippen molar-refractivity contribution in [3.8, 4) is 22.6 Å². The number of nitrogens with one attached hydrogen (secondary N) is 4. The Hall–Kier alpha value is -4.00. The van der Waals surface area contributed by atoms with E-state index in [2.05, 4.69) is 94.1 Å². The molecule has 0 fully saturated rings. The molecule has 0 bridgehead atoms. The molecular formula is C40H54N4O2. The van der Waals surface area contributed by atoms with Crippen molar-refractivity contribution < 1.29 is 9.47 Å². The van der Waals surface area contributed by atoms with Crippen LogP contribution in [0, 0.1) is 0 Å². The van der Waals surface area contributed by atoms with Crippen LogP contribution in [-0.2, 0) is 13.1 Å². The molecule has 246 valence electrons. The fourth-order valence-electron chi connectivity index (χ4n) is 5.63. The van der Waals surface area contributed by atoms with Gasteiger partial charge in [0.1, 0.15) is 11.5 Å². The topological polar surface area (TPSA) is 66.6 Å². The van der Waals surface area contributed by atoms with E-state index in [0.29, 0.717) is 0 Å². The Morgan fingerprint density at radius 2 is 0.783 bits per heavy atom. The quantitative estimate of drug-likeness (QED) is 0.0620. The summed E-state index contributed by atoms with van der Waals surface area (Å²) < 4.78 is 10.8. The van der Waals surface area contributed by atoms with Gasteiger partial charge >= 0.3 is 0 Å². The molecule has 0 unspecified atom stereocenters. The van der Waals surface area contributed by atoms with Crippen LogP contribution in [-0.4, -0.2) is 40.4 Å². The van der Waals surface area contributed by atoms with Gasteiger partial charge in [-0.25, -0.2) is 0 Å². The molecule has 4 aromatic carbocycles. The smallest absolute Gasteiger partial charge is 0.123 e. The summed E-state index contributed by atoms with van der Waals surface area (Å²) in [5.41, 5.74) is 7.30. The van der Waals surface area contributed by atoms with E-state index in [1.807, 2.05) is 24.3 Å². The average Bonchev–Trinajstić information content (AvgIpc) is 3.11. The highest BCUT2D eigenvalue weighted by molar-refractivity contribution is 5.68. The van der Waals surface area contributed by atoms with Crippen LogP contribution in [0.25, 0.3) is 11.1 Å². The largest absolute Gasteiger partial charge is 0.496 e. The van der Waals surface area contributed by atoms with Crippen molar-refractivity contribution in [2.24, 2.45) is 0 Å². The summed E-state index contributed by atoms with van der Waals surface area (Å²) in [5.74, 6) is 1.91. The summed E-state index contributed by atoms with van der Waals surface area (Å²) in [5, 5.41) is 14.2. The monoisotopic (exact) mass is 622 g/mol. The van der Waals surface area contributed by atoms with Crippen molar-refractivity contribution >= 4 is 11.4 Å². The van der Waals surface area contributed by atoms with E-state index in [1.165, 1.54) is 85.0 Å². The van der Waals surface area contributed by atoms with Crippen LogP contribution in [0.4, 0.5) is 11.4 Å². The van der Waals surface area contributed by atoms with Crippen LogP contribution >= 0.6 is 0 Å². The van der Waals surface area contributed by atoms with E-state index >= 15 is 0 Å². The first kappa shape index (κ1) is 34.9. The molecular weight excluding hydrogens is 568 g/mol. The molecule has 6 nitrogen and oxygen atoms in total. The van der Waals surface area contributed by atoms with Gasteiger partial charge in [0, 0.05) is 48.7 Å². The summed E-state index contributed by atoms with van der Waals surface area (Å²) in [6, 6.07) is 34.0. The summed E-state index contributed by atoms with van der Waals surface area (Å²) in [6.45, 7) is 5.80. The lowest BCUT2D eigenvalue weighted by Crippen LogP contribution is -2.15. The summed E-state index contributed by atoms with van der Waals surface area (Å²) in [6.07, 6.45) is 9.74. The van der Waals surface area contributed by atoms with Crippen molar-refractivity contribution in [2.45, 2.75) is 64.5 Å². The lowest BCUT2D eigenvalue weighted by molar-refractivity contribution is 0.407. The Labute approximate surface area is 277 Å². The van der Waals surface area contributed by atoms with E-state index < -0.39 is 0 Å². The number of methoxy groups -OCH3 is 2. The fourth-order valence-corrected chi connectivity index (χ4v) is 5.63. The molecule has 0 spiro atoms. The molecule has 0 amide bonds. The Morgan fingerprint density at radius 1 is 0.413 bits per heavy atom. The molecule has 0 aliphatic carbocycles. The van der Waals surface area contributed by atoms with Crippen LogP contribution in [0.3, 0.4) is 0 Å². The van der Waals surface area contributed by atoms with Crippen LogP contribution < -0.4 is 30.7 Å². The highest BCUT2D eigenvalue weighted by atomic mass is 16.5. The molecule has 0 aliphatic rings. The zero-order valence-electron chi connectivity index (χ0n) is 28.0. The molecule has 0 heterocycles. The first-order valence-electron chi connectivity index (χ1n) is 17.1. The van der Waals surface area contributed by atoms with E-state index in [4.69, 9.17) is 9.47 Å². The van der Waals surface area contributed by atoms with Crippen LogP contribution in [0.1, 0.15) is 62.5 Å². The van der Waals surface area contributed by atoms with Crippen molar-refractivity contribution in [2.75, 3.05) is 51.0 Å². The van der Waals surface area contributed by atoms with Crippen LogP contribution in [0.5, 0.6) is 11.5 Å². The fraction of sp³-hybridized carbons (Fsp3) is 0.400. The molecule has 6 heteroatoms. The number of benzene rings is 4. The Morgan fingerprint density at radius 3 is 1.17 bits per heavy atom. The number of hydrogen-bond acceptors (Lipinski definition) is 6. The second kappa shape index (κ2) is 20.9. The second-order valence-corrected chi connectivity index (χ2v) is 11.8. The molecule has 0 radical (unpaired) electrons. The van der Waals surface area contributed by atoms with Crippen molar-refractivity contribution in [1.82, 2.24) is 10.6 Å². The Bertz CT molecular complexity index is 1270. The molecule has 0 aliphatic heterocycles.